The summed E-state index contributed by atoms with van der Waals surface area (Å²) in [5.41, 5.74) is 5.48. The molecule has 0 spiro atoms. The van der Waals surface area contributed by atoms with Crippen LogP contribution >= 0.6 is 11.8 Å². The van der Waals surface area contributed by atoms with Gasteiger partial charge >= 0.3 is 0 Å². The Hall–Kier alpha value is -3.31. The highest BCUT2D eigenvalue weighted by Gasteiger charge is 2.21. The van der Waals surface area contributed by atoms with Gasteiger partial charge in [0, 0.05) is 35.5 Å². The Morgan fingerprint density at radius 3 is 2.16 bits per heavy atom. The first kappa shape index (κ1) is 26.3. The number of carbonyl (C=O) groups excluding carboxylic acids is 1. The number of nitrogens with one attached hydrogen (secondary N) is 1. The number of imidazole rings is 1. The monoisotopic (exact) mass is 523 g/mol. The van der Waals surface area contributed by atoms with Crippen molar-refractivity contribution >= 4 is 17.7 Å². The summed E-state index contributed by atoms with van der Waals surface area (Å²) in [5, 5.41) is 4.12. The normalized spacial score (nSPS) is 13.6. The molecule has 3 aromatic carbocycles. The Labute approximate surface area is 230 Å². The number of aromatic nitrogens is 2. The van der Waals surface area contributed by atoms with Gasteiger partial charge in [0.15, 0.2) is 5.16 Å². The lowest BCUT2D eigenvalue weighted by Crippen LogP contribution is -2.24. The molecule has 1 heterocycles. The van der Waals surface area contributed by atoms with E-state index < -0.39 is 0 Å². The maximum absolute atomic E-state index is 12.2. The molecule has 1 saturated carbocycles. The van der Waals surface area contributed by atoms with Crippen molar-refractivity contribution in [3.63, 3.8) is 0 Å². The van der Waals surface area contributed by atoms with Crippen LogP contribution in [0.1, 0.15) is 51.4 Å². The minimum Gasteiger partial charge on any atom is -0.356 e. The van der Waals surface area contributed by atoms with Gasteiger partial charge in [-0.25, -0.2) is 4.98 Å². The molecule has 1 aliphatic carbocycles. The lowest BCUT2D eigenvalue weighted by Gasteiger charge is -2.13. The molecule has 38 heavy (non-hydrogen) atoms. The predicted octanol–water partition coefficient (Wildman–Crippen LogP) is 8.17. The first-order valence-electron chi connectivity index (χ1n) is 14.0. The predicted molar refractivity (Wildman–Crippen MR) is 159 cm³/mol. The molecule has 0 bridgehead atoms. The van der Waals surface area contributed by atoms with Gasteiger partial charge in [-0.3, -0.25) is 9.36 Å². The molecular weight excluding hydrogens is 486 g/mol. The fourth-order valence-corrected chi connectivity index (χ4v) is 6.33. The zero-order valence-electron chi connectivity index (χ0n) is 22.0. The molecule has 4 nitrogen and oxygen atoms in total. The van der Waals surface area contributed by atoms with Gasteiger partial charge in [-0.2, -0.15) is 0 Å². The van der Waals surface area contributed by atoms with Gasteiger partial charge in [-0.05, 0) is 37.3 Å². The zero-order chi connectivity index (χ0) is 26.0. The Morgan fingerprint density at radius 1 is 0.842 bits per heavy atom. The van der Waals surface area contributed by atoms with Crippen molar-refractivity contribution in [3.8, 4) is 28.2 Å². The van der Waals surface area contributed by atoms with Gasteiger partial charge in [0.1, 0.15) is 0 Å². The van der Waals surface area contributed by atoms with Gasteiger partial charge < -0.3 is 5.32 Å². The Balaban J connectivity index is 1.28. The molecule has 0 atom stereocenters. The van der Waals surface area contributed by atoms with E-state index in [9.17, 15) is 4.79 Å². The summed E-state index contributed by atoms with van der Waals surface area (Å²) in [6.45, 7) is 0.752. The van der Waals surface area contributed by atoms with Crippen molar-refractivity contribution in [2.75, 3.05) is 12.3 Å². The second-order valence-corrected chi connectivity index (χ2v) is 11.2. The minimum absolute atomic E-state index is 0.212. The fourth-order valence-electron chi connectivity index (χ4n) is 5.31. The zero-order valence-corrected chi connectivity index (χ0v) is 22.8. The number of para-hydroxylation sites is 1. The molecule has 196 valence electrons. The molecule has 5 heteroatoms. The van der Waals surface area contributed by atoms with E-state index in [0.717, 1.165) is 70.8 Å². The van der Waals surface area contributed by atoms with Crippen molar-refractivity contribution in [2.45, 2.75) is 56.5 Å². The van der Waals surface area contributed by atoms with Crippen molar-refractivity contribution in [1.82, 2.24) is 14.9 Å². The van der Waals surface area contributed by atoms with Gasteiger partial charge in [-0.15, -0.1) is 0 Å². The highest BCUT2D eigenvalue weighted by atomic mass is 32.2. The molecule has 0 saturated heterocycles. The molecule has 1 N–H and O–H groups in total. The third kappa shape index (κ3) is 6.76. The van der Waals surface area contributed by atoms with Crippen molar-refractivity contribution in [3.05, 3.63) is 91.0 Å². The number of hydrogen-bond donors (Lipinski definition) is 1. The summed E-state index contributed by atoms with van der Waals surface area (Å²) in [5.74, 6) is 1.93. The van der Waals surface area contributed by atoms with Crippen LogP contribution < -0.4 is 5.32 Å². The van der Waals surface area contributed by atoms with E-state index >= 15 is 0 Å². The maximum Gasteiger partial charge on any atom is 0.220 e. The van der Waals surface area contributed by atoms with Crippen LogP contribution in [0.5, 0.6) is 0 Å². The summed E-state index contributed by atoms with van der Waals surface area (Å²) in [7, 11) is 0. The van der Waals surface area contributed by atoms with E-state index in [1.807, 2.05) is 6.07 Å². The number of thioether (sulfide) groups is 1. The van der Waals surface area contributed by atoms with Crippen LogP contribution in [0.2, 0.25) is 0 Å². The second kappa shape index (κ2) is 13.5. The minimum atomic E-state index is 0.212. The van der Waals surface area contributed by atoms with E-state index in [1.165, 1.54) is 25.7 Å². The summed E-state index contributed by atoms with van der Waals surface area (Å²) >= 11 is 1.79. The topological polar surface area (TPSA) is 46.9 Å². The van der Waals surface area contributed by atoms with Crippen molar-refractivity contribution in [2.24, 2.45) is 5.92 Å². The van der Waals surface area contributed by atoms with Crippen LogP contribution in [0.15, 0.2) is 96.2 Å². The molecule has 0 radical (unpaired) electrons. The van der Waals surface area contributed by atoms with Crippen LogP contribution in [0, 0.1) is 5.92 Å². The Bertz CT molecular complexity index is 1280. The third-order valence-electron chi connectivity index (χ3n) is 7.33. The number of hydrogen-bond acceptors (Lipinski definition) is 3. The molecule has 1 aromatic heterocycles. The number of amides is 1. The van der Waals surface area contributed by atoms with Gasteiger partial charge in [-0.1, -0.05) is 116 Å². The summed E-state index contributed by atoms with van der Waals surface area (Å²) < 4.78 is 2.30. The number of nitrogens with zero attached hydrogens (tertiary/aromatic N) is 2. The van der Waals surface area contributed by atoms with Crippen LogP contribution in [-0.2, 0) is 4.79 Å². The summed E-state index contributed by atoms with van der Waals surface area (Å²) in [4.78, 5) is 17.4. The van der Waals surface area contributed by atoms with E-state index in [-0.39, 0.29) is 5.91 Å². The molecule has 0 unspecified atom stereocenters. The average molecular weight is 524 g/mol. The van der Waals surface area contributed by atoms with E-state index in [0.29, 0.717) is 6.42 Å². The van der Waals surface area contributed by atoms with E-state index in [4.69, 9.17) is 4.98 Å². The molecule has 5 rings (SSSR count). The lowest BCUT2D eigenvalue weighted by molar-refractivity contribution is -0.121. The fraction of sp³-hybridized carbons (Fsp3) is 0.333. The quantitative estimate of drug-likeness (QED) is 0.150. The number of unbranched alkanes of at least 4 members (excludes halogenated alkanes) is 1. The van der Waals surface area contributed by atoms with E-state index in [2.05, 4.69) is 94.8 Å². The molecule has 1 amide bonds. The van der Waals surface area contributed by atoms with Gasteiger partial charge in [0.05, 0.1) is 11.4 Å². The average Bonchev–Trinajstić information content (AvgIpc) is 3.63. The number of carbonyl (C=O) groups is 1. The molecular formula is C33H37N3OS. The lowest BCUT2D eigenvalue weighted by atomic mass is 10.0. The van der Waals surface area contributed by atoms with Crippen LogP contribution in [0.4, 0.5) is 0 Å². The second-order valence-electron chi connectivity index (χ2n) is 10.1. The highest BCUT2D eigenvalue weighted by molar-refractivity contribution is 7.99. The standard InChI is InChI=1S/C33H37N3OS/c37-30(23-22-26-14-10-11-15-26)34-24-12-13-25-38-33-35-31(27-16-4-1-5-17-27)32(28-18-6-2-7-19-28)36(33)29-20-8-3-9-21-29/h1-9,16-21,26H,10-15,22-25H2,(H,34,37). The van der Waals surface area contributed by atoms with Gasteiger partial charge in [0.2, 0.25) is 5.91 Å². The Kier molecular flexibility index (Phi) is 9.33. The van der Waals surface area contributed by atoms with Gasteiger partial charge in [0.25, 0.3) is 0 Å². The van der Waals surface area contributed by atoms with Crippen molar-refractivity contribution < 1.29 is 4.79 Å². The van der Waals surface area contributed by atoms with E-state index in [1.54, 1.807) is 11.8 Å². The molecule has 1 aliphatic rings. The summed E-state index contributed by atoms with van der Waals surface area (Å²) in [6, 6.07) is 31.5. The molecule has 1 fully saturated rings. The summed E-state index contributed by atoms with van der Waals surface area (Å²) in [6.07, 6.45) is 9.03. The van der Waals surface area contributed by atoms with Crippen LogP contribution in [0.25, 0.3) is 28.2 Å². The molecule has 4 aromatic rings. The smallest absolute Gasteiger partial charge is 0.220 e. The van der Waals surface area contributed by atoms with Crippen LogP contribution in [-0.4, -0.2) is 27.8 Å². The Morgan fingerprint density at radius 2 is 1.47 bits per heavy atom. The largest absolute Gasteiger partial charge is 0.356 e. The first-order valence-corrected chi connectivity index (χ1v) is 15.0. The number of rotatable bonds is 12. The molecule has 0 aliphatic heterocycles. The van der Waals surface area contributed by atoms with Crippen LogP contribution in [0.3, 0.4) is 0 Å². The van der Waals surface area contributed by atoms with Crippen molar-refractivity contribution in [1.29, 1.82) is 0 Å². The SMILES string of the molecule is O=C(CCC1CCCC1)NCCCCSc1nc(-c2ccccc2)c(-c2ccccc2)n1-c1ccccc1. The number of benzene rings is 3. The first-order chi connectivity index (χ1) is 18.8. The maximum atomic E-state index is 12.2. The highest BCUT2D eigenvalue weighted by Crippen LogP contribution is 2.38. The third-order valence-corrected chi connectivity index (χ3v) is 8.36.